The van der Waals surface area contributed by atoms with Crippen LogP contribution in [-0.4, -0.2) is 45.6 Å². The Morgan fingerprint density at radius 1 is 1.50 bits per heavy atom. The number of methoxy groups -OCH3 is 1. The second kappa shape index (κ2) is 5.80. The molecule has 1 aliphatic rings. The molecule has 1 atom stereocenters. The van der Waals surface area contributed by atoms with Crippen LogP contribution in [-0.2, 0) is 14.6 Å². The molecular formula is C13H16O6S. The van der Waals surface area contributed by atoms with E-state index in [0.29, 0.717) is 19.6 Å². The summed E-state index contributed by atoms with van der Waals surface area (Å²) < 4.78 is 35.0. The smallest absolute Gasteiger partial charge is 0.335 e. The van der Waals surface area contributed by atoms with Crippen molar-refractivity contribution in [3.63, 3.8) is 0 Å². The van der Waals surface area contributed by atoms with Gasteiger partial charge in [-0.3, -0.25) is 0 Å². The fourth-order valence-electron chi connectivity index (χ4n) is 2.17. The lowest BCUT2D eigenvalue weighted by Gasteiger charge is -2.12. The molecule has 0 amide bonds. The predicted molar refractivity (Wildman–Crippen MR) is 70.9 cm³/mol. The minimum absolute atomic E-state index is 0.0572. The number of sulfone groups is 1. The monoisotopic (exact) mass is 300 g/mol. The van der Waals surface area contributed by atoms with E-state index in [0.717, 1.165) is 6.07 Å². The van der Waals surface area contributed by atoms with Crippen LogP contribution >= 0.6 is 0 Å². The van der Waals surface area contributed by atoms with Gasteiger partial charge in [0.2, 0.25) is 0 Å². The lowest BCUT2D eigenvalue weighted by Crippen LogP contribution is -2.17. The van der Waals surface area contributed by atoms with Crippen molar-refractivity contribution >= 4 is 15.8 Å². The van der Waals surface area contributed by atoms with E-state index in [4.69, 9.17) is 14.6 Å². The van der Waals surface area contributed by atoms with Crippen LogP contribution in [0.25, 0.3) is 0 Å². The topological polar surface area (TPSA) is 89.9 Å². The number of carbonyl (C=O) groups is 1. The van der Waals surface area contributed by atoms with E-state index in [9.17, 15) is 13.2 Å². The Bertz CT molecular complexity index is 601. The second-order valence-corrected chi connectivity index (χ2v) is 6.68. The van der Waals surface area contributed by atoms with Crippen LogP contribution in [0.1, 0.15) is 16.8 Å². The molecule has 2 rings (SSSR count). The van der Waals surface area contributed by atoms with E-state index in [1.165, 1.54) is 19.2 Å². The number of hydrogen-bond donors (Lipinski definition) is 1. The lowest BCUT2D eigenvalue weighted by molar-refractivity contribution is 0.0696. The first-order chi connectivity index (χ1) is 9.44. The van der Waals surface area contributed by atoms with E-state index < -0.39 is 15.8 Å². The number of benzene rings is 1. The van der Waals surface area contributed by atoms with Crippen LogP contribution in [0.3, 0.4) is 0 Å². The van der Waals surface area contributed by atoms with Gasteiger partial charge in [0.05, 0.1) is 25.0 Å². The molecule has 0 aliphatic carbocycles. The van der Waals surface area contributed by atoms with Gasteiger partial charge in [0.1, 0.15) is 10.6 Å². The van der Waals surface area contributed by atoms with Gasteiger partial charge in [0, 0.05) is 6.61 Å². The fraction of sp³-hybridized carbons (Fsp3) is 0.462. The molecule has 20 heavy (non-hydrogen) atoms. The van der Waals surface area contributed by atoms with Crippen LogP contribution in [0.4, 0.5) is 0 Å². The Hall–Kier alpha value is -1.60. The minimum Gasteiger partial charge on any atom is -0.495 e. The maximum Gasteiger partial charge on any atom is 0.335 e. The summed E-state index contributed by atoms with van der Waals surface area (Å²) in [5, 5.41) is 8.97. The highest BCUT2D eigenvalue weighted by Crippen LogP contribution is 2.28. The molecule has 1 aliphatic heterocycles. The van der Waals surface area contributed by atoms with Crippen molar-refractivity contribution in [2.24, 2.45) is 5.92 Å². The Morgan fingerprint density at radius 3 is 2.80 bits per heavy atom. The largest absolute Gasteiger partial charge is 0.495 e. The first kappa shape index (κ1) is 14.8. The second-order valence-electron chi connectivity index (χ2n) is 4.68. The van der Waals surface area contributed by atoms with Crippen molar-refractivity contribution in [2.45, 2.75) is 11.3 Å². The molecule has 0 radical (unpaired) electrons. The molecule has 1 unspecified atom stereocenters. The van der Waals surface area contributed by atoms with Crippen LogP contribution in [0.2, 0.25) is 0 Å². The minimum atomic E-state index is -3.61. The maximum absolute atomic E-state index is 12.4. The van der Waals surface area contributed by atoms with Crippen LogP contribution < -0.4 is 4.74 Å². The van der Waals surface area contributed by atoms with Gasteiger partial charge in [-0.25, -0.2) is 13.2 Å². The Labute approximate surface area is 117 Å². The molecule has 110 valence electrons. The molecule has 1 saturated heterocycles. The maximum atomic E-state index is 12.4. The highest BCUT2D eigenvalue weighted by molar-refractivity contribution is 7.91. The van der Waals surface area contributed by atoms with Gasteiger partial charge in [0.25, 0.3) is 0 Å². The zero-order valence-electron chi connectivity index (χ0n) is 11.0. The summed E-state index contributed by atoms with van der Waals surface area (Å²) in [5.74, 6) is -1.13. The Balaban J connectivity index is 2.37. The molecular weight excluding hydrogens is 284 g/mol. The van der Waals surface area contributed by atoms with Gasteiger partial charge >= 0.3 is 5.97 Å². The number of carboxylic acid groups (broad SMARTS) is 1. The third-order valence-electron chi connectivity index (χ3n) is 3.22. The van der Waals surface area contributed by atoms with E-state index >= 15 is 0 Å². The summed E-state index contributed by atoms with van der Waals surface area (Å²) in [7, 11) is -2.26. The van der Waals surface area contributed by atoms with Gasteiger partial charge < -0.3 is 14.6 Å². The van der Waals surface area contributed by atoms with Gasteiger partial charge in [0.15, 0.2) is 9.84 Å². The van der Waals surface area contributed by atoms with Crippen molar-refractivity contribution < 1.29 is 27.8 Å². The van der Waals surface area contributed by atoms with E-state index in [1.807, 2.05) is 0 Å². The van der Waals surface area contributed by atoms with Crippen molar-refractivity contribution in [1.29, 1.82) is 0 Å². The highest BCUT2D eigenvalue weighted by Gasteiger charge is 2.27. The molecule has 1 fully saturated rings. The first-order valence-electron chi connectivity index (χ1n) is 6.16. The highest BCUT2D eigenvalue weighted by atomic mass is 32.2. The molecule has 1 N–H and O–H groups in total. The van der Waals surface area contributed by atoms with E-state index in [-0.39, 0.29) is 27.9 Å². The summed E-state index contributed by atoms with van der Waals surface area (Å²) in [4.78, 5) is 10.9. The molecule has 0 bridgehead atoms. The molecule has 1 aromatic rings. The summed E-state index contributed by atoms with van der Waals surface area (Å²) >= 11 is 0. The average molecular weight is 300 g/mol. The Morgan fingerprint density at radius 2 is 2.25 bits per heavy atom. The third kappa shape index (κ3) is 3.10. The predicted octanol–water partition coefficient (Wildman–Crippen LogP) is 1.20. The summed E-state index contributed by atoms with van der Waals surface area (Å²) in [6.45, 7) is 0.979. The standard InChI is InChI=1S/C13H16O6S/c1-18-11-3-2-10(13(14)15)6-12(11)20(16,17)8-9-4-5-19-7-9/h2-3,6,9H,4-5,7-8H2,1H3,(H,14,15). The third-order valence-corrected chi connectivity index (χ3v) is 5.12. The summed E-state index contributed by atoms with van der Waals surface area (Å²) in [5.41, 5.74) is -0.0768. The summed E-state index contributed by atoms with van der Waals surface area (Å²) in [6, 6.07) is 3.83. The van der Waals surface area contributed by atoms with Crippen LogP contribution in [0, 0.1) is 5.92 Å². The zero-order valence-corrected chi connectivity index (χ0v) is 11.9. The van der Waals surface area contributed by atoms with Gasteiger partial charge in [-0.15, -0.1) is 0 Å². The molecule has 0 saturated carbocycles. The molecule has 1 aromatic carbocycles. The van der Waals surface area contributed by atoms with E-state index in [2.05, 4.69) is 0 Å². The SMILES string of the molecule is COc1ccc(C(=O)O)cc1S(=O)(=O)CC1CCOC1. The molecule has 0 spiro atoms. The molecule has 7 heteroatoms. The molecule has 0 aromatic heterocycles. The lowest BCUT2D eigenvalue weighted by atomic mass is 10.2. The number of rotatable bonds is 5. The normalized spacial score (nSPS) is 18.9. The fourth-order valence-corrected chi connectivity index (χ4v) is 4.00. The zero-order chi connectivity index (χ0) is 14.8. The van der Waals surface area contributed by atoms with Crippen molar-refractivity contribution in [1.82, 2.24) is 0 Å². The Kier molecular flexibility index (Phi) is 4.29. The molecule has 6 nitrogen and oxygen atoms in total. The van der Waals surface area contributed by atoms with Gasteiger partial charge in [-0.1, -0.05) is 0 Å². The number of ether oxygens (including phenoxy) is 2. The number of carboxylic acids is 1. The quantitative estimate of drug-likeness (QED) is 0.879. The van der Waals surface area contributed by atoms with Crippen LogP contribution in [0.5, 0.6) is 5.75 Å². The van der Waals surface area contributed by atoms with E-state index in [1.54, 1.807) is 0 Å². The average Bonchev–Trinajstić information content (AvgIpc) is 2.90. The van der Waals surface area contributed by atoms with Crippen LogP contribution in [0.15, 0.2) is 23.1 Å². The van der Waals surface area contributed by atoms with Crippen molar-refractivity contribution in [3.05, 3.63) is 23.8 Å². The number of aromatic carboxylic acids is 1. The van der Waals surface area contributed by atoms with Crippen molar-refractivity contribution in [2.75, 3.05) is 26.1 Å². The van der Waals surface area contributed by atoms with Gasteiger partial charge in [-0.05, 0) is 30.5 Å². The first-order valence-corrected chi connectivity index (χ1v) is 7.81. The molecule has 1 heterocycles. The van der Waals surface area contributed by atoms with Gasteiger partial charge in [-0.2, -0.15) is 0 Å². The van der Waals surface area contributed by atoms with Crippen molar-refractivity contribution in [3.8, 4) is 5.75 Å². The summed E-state index contributed by atoms with van der Waals surface area (Å²) in [6.07, 6.45) is 0.695. The number of hydrogen-bond acceptors (Lipinski definition) is 5.